The molecule has 0 aliphatic heterocycles. The lowest BCUT2D eigenvalue weighted by Gasteiger charge is -2.23. The lowest BCUT2D eigenvalue weighted by atomic mass is 10.0. The second-order valence-electron chi connectivity index (χ2n) is 8.50. The molecule has 0 N–H and O–H groups in total. The van der Waals surface area contributed by atoms with E-state index in [9.17, 15) is 4.79 Å². The number of ether oxygens (including phenoxy) is 2. The summed E-state index contributed by atoms with van der Waals surface area (Å²) in [7, 11) is -1.07. The van der Waals surface area contributed by atoms with Gasteiger partial charge in [-0.2, -0.15) is 0 Å². The zero-order chi connectivity index (χ0) is 18.4. The van der Waals surface area contributed by atoms with Crippen molar-refractivity contribution < 1.29 is 14.3 Å². The molecular weight excluding hydrogens is 320 g/mol. The fourth-order valence-corrected chi connectivity index (χ4v) is 2.95. The Kier molecular flexibility index (Phi) is 7.67. The minimum absolute atomic E-state index is 0.154. The predicted molar refractivity (Wildman–Crippen MR) is 99.7 cm³/mol. The molecule has 0 fully saturated rings. The van der Waals surface area contributed by atoms with Crippen LogP contribution in [0.1, 0.15) is 39.9 Å². The number of esters is 1. The van der Waals surface area contributed by atoms with Gasteiger partial charge in [-0.1, -0.05) is 26.6 Å². The zero-order valence-corrected chi connectivity index (χ0v) is 17.4. The normalized spacial score (nSPS) is 13.8. The molecule has 0 aliphatic rings. The van der Waals surface area contributed by atoms with Crippen molar-refractivity contribution in [1.29, 1.82) is 0 Å². The SMILES string of the molecule is CCC(Cc1nccn1COCC[Si](C)(C)C)C(=O)OC(C)(C)C. The maximum Gasteiger partial charge on any atom is 0.309 e. The maximum absolute atomic E-state index is 12.3. The molecule has 0 saturated heterocycles. The number of aromatic nitrogens is 2. The second kappa shape index (κ2) is 8.81. The molecule has 1 heterocycles. The molecule has 0 radical (unpaired) electrons. The number of nitrogens with zero attached hydrogens (tertiary/aromatic N) is 2. The molecule has 1 unspecified atom stereocenters. The van der Waals surface area contributed by atoms with E-state index >= 15 is 0 Å². The van der Waals surface area contributed by atoms with Gasteiger partial charge in [-0.15, -0.1) is 0 Å². The van der Waals surface area contributed by atoms with Gasteiger partial charge < -0.3 is 14.0 Å². The van der Waals surface area contributed by atoms with E-state index < -0.39 is 13.7 Å². The number of carbonyl (C=O) groups excluding carboxylic acids is 1. The topological polar surface area (TPSA) is 53.4 Å². The molecule has 1 rings (SSSR count). The van der Waals surface area contributed by atoms with Crippen LogP contribution in [0.3, 0.4) is 0 Å². The Labute approximate surface area is 147 Å². The van der Waals surface area contributed by atoms with Gasteiger partial charge in [0.2, 0.25) is 0 Å². The molecule has 1 aromatic heterocycles. The highest BCUT2D eigenvalue weighted by atomic mass is 28.3. The molecule has 0 saturated carbocycles. The summed E-state index contributed by atoms with van der Waals surface area (Å²) < 4.78 is 13.3. The summed E-state index contributed by atoms with van der Waals surface area (Å²) in [5.41, 5.74) is -0.458. The van der Waals surface area contributed by atoms with E-state index in [0.717, 1.165) is 24.9 Å². The van der Waals surface area contributed by atoms with Gasteiger partial charge in [0.15, 0.2) is 0 Å². The highest BCUT2D eigenvalue weighted by Gasteiger charge is 2.25. The third-order valence-electron chi connectivity index (χ3n) is 3.69. The molecule has 138 valence electrons. The first-order chi connectivity index (χ1) is 11.0. The summed E-state index contributed by atoms with van der Waals surface area (Å²) in [4.78, 5) is 16.7. The molecule has 0 aliphatic carbocycles. The maximum atomic E-state index is 12.3. The molecule has 0 amide bonds. The lowest BCUT2D eigenvalue weighted by molar-refractivity contribution is -0.160. The molecular formula is C18H34N2O3Si. The van der Waals surface area contributed by atoms with Crippen LogP contribution in [0.2, 0.25) is 25.7 Å². The summed E-state index contributed by atoms with van der Waals surface area (Å²) >= 11 is 0. The lowest BCUT2D eigenvalue weighted by Crippen LogP contribution is -2.30. The molecule has 5 nitrogen and oxygen atoms in total. The first kappa shape index (κ1) is 20.9. The minimum Gasteiger partial charge on any atom is -0.460 e. The first-order valence-corrected chi connectivity index (χ1v) is 12.5. The van der Waals surface area contributed by atoms with Gasteiger partial charge in [0, 0.05) is 33.5 Å². The van der Waals surface area contributed by atoms with Crippen molar-refractivity contribution in [2.45, 2.75) is 78.6 Å². The average molecular weight is 355 g/mol. The Morgan fingerprint density at radius 1 is 1.33 bits per heavy atom. The van der Waals surface area contributed by atoms with Crippen molar-refractivity contribution in [3.05, 3.63) is 18.2 Å². The Balaban J connectivity index is 2.58. The van der Waals surface area contributed by atoms with E-state index in [4.69, 9.17) is 9.47 Å². The van der Waals surface area contributed by atoms with Crippen LogP contribution in [-0.4, -0.2) is 35.8 Å². The number of hydrogen-bond donors (Lipinski definition) is 0. The van der Waals surface area contributed by atoms with Crippen molar-refractivity contribution in [3.63, 3.8) is 0 Å². The van der Waals surface area contributed by atoms with E-state index in [1.807, 2.05) is 38.5 Å². The summed E-state index contributed by atoms with van der Waals surface area (Å²) in [6.07, 6.45) is 4.98. The molecule has 1 aromatic rings. The number of rotatable bonds is 9. The summed E-state index contributed by atoms with van der Waals surface area (Å²) in [6, 6.07) is 1.15. The molecule has 0 aromatic carbocycles. The third kappa shape index (κ3) is 8.10. The van der Waals surface area contributed by atoms with E-state index in [0.29, 0.717) is 13.2 Å². The van der Waals surface area contributed by atoms with Crippen LogP contribution in [-0.2, 0) is 27.4 Å². The highest BCUT2D eigenvalue weighted by Crippen LogP contribution is 2.18. The van der Waals surface area contributed by atoms with Crippen molar-refractivity contribution in [2.75, 3.05) is 6.61 Å². The van der Waals surface area contributed by atoms with Gasteiger partial charge in [0.1, 0.15) is 18.2 Å². The van der Waals surface area contributed by atoms with Crippen LogP contribution in [0.25, 0.3) is 0 Å². The minimum atomic E-state index is -1.07. The fourth-order valence-electron chi connectivity index (χ4n) is 2.19. The van der Waals surface area contributed by atoms with Crippen LogP contribution >= 0.6 is 0 Å². The van der Waals surface area contributed by atoms with Crippen LogP contribution in [0.15, 0.2) is 12.4 Å². The monoisotopic (exact) mass is 354 g/mol. The summed E-state index contributed by atoms with van der Waals surface area (Å²) in [5, 5.41) is 0. The molecule has 6 heteroatoms. The molecule has 0 bridgehead atoms. The van der Waals surface area contributed by atoms with Crippen molar-refractivity contribution in [3.8, 4) is 0 Å². The van der Waals surface area contributed by atoms with Gasteiger partial charge in [0.25, 0.3) is 0 Å². The number of carbonyl (C=O) groups is 1. The first-order valence-electron chi connectivity index (χ1n) is 8.82. The molecule has 1 atom stereocenters. The Morgan fingerprint density at radius 2 is 2.00 bits per heavy atom. The molecule has 24 heavy (non-hydrogen) atoms. The average Bonchev–Trinajstić information content (AvgIpc) is 2.85. The van der Waals surface area contributed by atoms with Crippen LogP contribution in [0.4, 0.5) is 0 Å². The van der Waals surface area contributed by atoms with E-state index in [1.54, 1.807) is 6.20 Å². The van der Waals surface area contributed by atoms with Crippen molar-refractivity contribution in [1.82, 2.24) is 9.55 Å². The largest absolute Gasteiger partial charge is 0.460 e. The van der Waals surface area contributed by atoms with Crippen LogP contribution in [0.5, 0.6) is 0 Å². The number of imidazole rings is 1. The smallest absolute Gasteiger partial charge is 0.309 e. The zero-order valence-electron chi connectivity index (χ0n) is 16.4. The van der Waals surface area contributed by atoms with Crippen molar-refractivity contribution in [2.24, 2.45) is 5.92 Å². The summed E-state index contributed by atoms with van der Waals surface area (Å²) in [5.74, 6) is 0.548. The highest BCUT2D eigenvalue weighted by molar-refractivity contribution is 6.76. The van der Waals surface area contributed by atoms with Gasteiger partial charge in [0.05, 0.1) is 5.92 Å². The summed E-state index contributed by atoms with van der Waals surface area (Å²) in [6.45, 7) is 16.0. The van der Waals surface area contributed by atoms with Crippen molar-refractivity contribution >= 4 is 14.0 Å². The van der Waals surface area contributed by atoms with Gasteiger partial charge in [-0.25, -0.2) is 4.98 Å². The van der Waals surface area contributed by atoms with E-state index in [2.05, 4.69) is 24.6 Å². The van der Waals surface area contributed by atoms with Crippen LogP contribution in [0, 0.1) is 5.92 Å². The third-order valence-corrected chi connectivity index (χ3v) is 5.39. The fraction of sp³-hybridized carbons (Fsp3) is 0.778. The molecule has 0 spiro atoms. The Morgan fingerprint density at radius 3 is 2.54 bits per heavy atom. The Hall–Kier alpha value is -1.14. The van der Waals surface area contributed by atoms with Gasteiger partial charge in [-0.05, 0) is 33.2 Å². The number of hydrogen-bond acceptors (Lipinski definition) is 4. The standard InChI is InChI=1S/C18H34N2O3Si/c1-8-15(17(21)23-18(2,3)4)13-16-19-9-10-20(16)14-22-11-12-24(5,6)7/h9-10,15H,8,11-14H2,1-7H3. The van der Waals surface area contributed by atoms with Gasteiger partial charge in [-0.3, -0.25) is 4.79 Å². The van der Waals surface area contributed by atoms with Gasteiger partial charge >= 0.3 is 5.97 Å². The second-order valence-corrected chi connectivity index (χ2v) is 14.1. The van der Waals surface area contributed by atoms with E-state index in [1.165, 1.54) is 0 Å². The van der Waals surface area contributed by atoms with Crippen LogP contribution < -0.4 is 0 Å². The predicted octanol–water partition coefficient (Wildman–Crippen LogP) is 4.11. The Bertz CT molecular complexity index is 515. The quantitative estimate of drug-likeness (QED) is 0.380. The van der Waals surface area contributed by atoms with E-state index in [-0.39, 0.29) is 11.9 Å².